The number of aromatic nitrogens is 3. The van der Waals surface area contributed by atoms with Crippen molar-refractivity contribution in [2.45, 2.75) is 52.8 Å². The Kier molecular flexibility index (Phi) is 7.65. The number of rotatable bonds is 9. The van der Waals surface area contributed by atoms with E-state index in [-0.39, 0.29) is 5.91 Å². The number of nitrogens with zero attached hydrogens (tertiary/aromatic N) is 2. The fourth-order valence-corrected chi connectivity index (χ4v) is 3.59. The minimum absolute atomic E-state index is 0.265. The lowest BCUT2D eigenvalue weighted by Crippen LogP contribution is -2.26. The zero-order valence-corrected chi connectivity index (χ0v) is 20.6. The maximum Gasteiger partial charge on any atom is 0.355 e. The topological polar surface area (TPSA) is 110 Å². The van der Waals surface area contributed by atoms with E-state index in [0.29, 0.717) is 42.0 Å². The van der Waals surface area contributed by atoms with Gasteiger partial charge in [0.1, 0.15) is 17.0 Å². The summed E-state index contributed by atoms with van der Waals surface area (Å²) >= 11 is 0. The highest BCUT2D eigenvalue weighted by molar-refractivity contribution is 6.01. The van der Waals surface area contributed by atoms with Crippen molar-refractivity contribution in [2.75, 3.05) is 12.4 Å². The summed E-state index contributed by atoms with van der Waals surface area (Å²) in [5, 5.41) is 10.4. The number of H-pyrrole nitrogens is 1. The molecule has 2 aromatic heterocycles. The van der Waals surface area contributed by atoms with Gasteiger partial charge in [0.2, 0.25) is 0 Å². The van der Waals surface area contributed by atoms with Crippen LogP contribution in [0.2, 0.25) is 0 Å². The summed E-state index contributed by atoms with van der Waals surface area (Å²) < 4.78 is 12.5. The number of hydrogen-bond donors (Lipinski definition) is 3. The van der Waals surface area contributed by atoms with Crippen LogP contribution < -0.4 is 15.4 Å². The summed E-state index contributed by atoms with van der Waals surface area (Å²) in [7, 11) is 3.44. The number of aryl methyl sites for hydroxylation is 1. The Balaban J connectivity index is 1.89. The molecule has 0 unspecified atom stereocenters. The van der Waals surface area contributed by atoms with Gasteiger partial charge in [0, 0.05) is 36.7 Å². The maximum atomic E-state index is 13.3. The van der Waals surface area contributed by atoms with Crippen LogP contribution in [0.5, 0.6) is 5.75 Å². The summed E-state index contributed by atoms with van der Waals surface area (Å²) in [6.07, 6.45) is 4.04. The van der Waals surface area contributed by atoms with Crippen molar-refractivity contribution < 1.29 is 19.1 Å². The zero-order chi connectivity index (χ0) is 24.9. The molecule has 1 amide bonds. The van der Waals surface area contributed by atoms with Crippen LogP contribution in [-0.2, 0) is 31.3 Å². The Hall–Kier alpha value is -3.75. The van der Waals surface area contributed by atoms with E-state index in [1.54, 1.807) is 18.0 Å². The predicted octanol–water partition coefficient (Wildman–Crippen LogP) is 3.82. The van der Waals surface area contributed by atoms with Crippen molar-refractivity contribution in [2.24, 2.45) is 7.05 Å². The number of methoxy groups -OCH3 is 1. The van der Waals surface area contributed by atoms with Crippen LogP contribution in [0.4, 0.5) is 5.69 Å². The van der Waals surface area contributed by atoms with Crippen molar-refractivity contribution in [1.82, 2.24) is 20.1 Å². The number of carbonyl (C=O) groups excluding carboxylic acids is 2. The molecular weight excluding hydrogens is 434 g/mol. The highest BCUT2D eigenvalue weighted by atomic mass is 16.6. The van der Waals surface area contributed by atoms with E-state index >= 15 is 0 Å². The minimum atomic E-state index is -0.655. The van der Waals surface area contributed by atoms with Gasteiger partial charge in [-0.2, -0.15) is 5.10 Å². The first-order valence-electron chi connectivity index (χ1n) is 11.2. The molecule has 182 valence electrons. The largest absolute Gasteiger partial charge is 0.497 e. The Morgan fingerprint density at radius 3 is 2.41 bits per heavy atom. The van der Waals surface area contributed by atoms with Crippen LogP contribution in [0, 0.1) is 0 Å². The van der Waals surface area contributed by atoms with E-state index in [0.717, 1.165) is 17.0 Å². The zero-order valence-electron chi connectivity index (χ0n) is 20.6. The smallest absolute Gasteiger partial charge is 0.355 e. The van der Waals surface area contributed by atoms with Crippen LogP contribution in [0.3, 0.4) is 0 Å². The standard InChI is InChI=1S/C25H33N5O4/c1-7-19-21(23(31)27-12-16-13-28-30(5)15-16)20(29-22(19)24(32)34-25(2,3)4)14-26-17-8-10-18(33-6)11-9-17/h8-11,13,15,26,29H,7,12,14H2,1-6H3,(H,27,31). The minimum Gasteiger partial charge on any atom is -0.497 e. The molecular formula is C25H33N5O4. The second-order valence-corrected chi connectivity index (χ2v) is 8.97. The van der Waals surface area contributed by atoms with Crippen LogP contribution in [0.15, 0.2) is 36.7 Å². The number of aromatic amines is 1. The molecule has 0 bridgehead atoms. The first-order valence-corrected chi connectivity index (χ1v) is 11.2. The Morgan fingerprint density at radius 2 is 1.85 bits per heavy atom. The molecule has 0 radical (unpaired) electrons. The third-order valence-corrected chi connectivity index (χ3v) is 5.14. The lowest BCUT2D eigenvalue weighted by atomic mass is 10.0. The third-order valence-electron chi connectivity index (χ3n) is 5.14. The maximum absolute atomic E-state index is 13.3. The van der Waals surface area contributed by atoms with Crippen molar-refractivity contribution in [1.29, 1.82) is 0 Å². The molecule has 0 saturated heterocycles. The van der Waals surface area contributed by atoms with E-state index < -0.39 is 11.6 Å². The molecule has 0 atom stereocenters. The fraction of sp³-hybridized carbons (Fsp3) is 0.400. The van der Waals surface area contributed by atoms with E-state index in [1.807, 2.05) is 65.2 Å². The number of benzene rings is 1. The van der Waals surface area contributed by atoms with Crippen molar-refractivity contribution >= 4 is 17.6 Å². The highest BCUT2D eigenvalue weighted by Gasteiger charge is 2.28. The van der Waals surface area contributed by atoms with Gasteiger partial charge in [-0.1, -0.05) is 6.92 Å². The number of amides is 1. The number of carbonyl (C=O) groups is 2. The van der Waals surface area contributed by atoms with Gasteiger partial charge in [-0.25, -0.2) is 4.79 Å². The molecule has 0 fully saturated rings. The molecule has 9 heteroatoms. The summed E-state index contributed by atoms with van der Waals surface area (Å²) in [5.74, 6) is 0.000947. The SMILES string of the molecule is CCc1c(C(=O)OC(C)(C)C)[nH]c(CNc2ccc(OC)cc2)c1C(=O)NCc1cnn(C)c1. The van der Waals surface area contributed by atoms with Crippen LogP contribution in [0.25, 0.3) is 0 Å². The monoisotopic (exact) mass is 467 g/mol. The normalized spacial score (nSPS) is 11.2. The lowest BCUT2D eigenvalue weighted by molar-refractivity contribution is 0.00622. The molecule has 34 heavy (non-hydrogen) atoms. The first-order chi connectivity index (χ1) is 16.1. The van der Waals surface area contributed by atoms with Crippen molar-refractivity contribution in [3.63, 3.8) is 0 Å². The van der Waals surface area contributed by atoms with E-state index in [2.05, 4.69) is 20.7 Å². The van der Waals surface area contributed by atoms with Gasteiger partial charge < -0.3 is 25.1 Å². The summed E-state index contributed by atoms with van der Waals surface area (Å²) in [4.78, 5) is 29.4. The van der Waals surface area contributed by atoms with E-state index in [9.17, 15) is 9.59 Å². The van der Waals surface area contributed by atoms with Gasteiger partial charge in [0.15, 0.2) is 0 Å². The van der Waals surface area contributed by atoms with Crippen molar-refractivity contribution in [3.8, 4) is 5.75 Å². The molecule has 3 aromatic rings. The number of ether oxygens (including phenoxy) is 2. The Bertz CT molecular complexity index is 1140. The Morgan fingerprint density at radius 1 is 1.15 bits per heavy atom. The second kappa shape index (κ2) is 10.5. The van der Waals surface area contributed by atoms with E-state index in [1.165, 1.54) is 0 Å². The van der Waals surface area contributed by atoms with Crippen LogP contribution >= 0.6 is 0 Å². The van der Waals surface area contributed by atoms with Gasteiger partial charge in [-0.05, 0) is 57.0 Å². The molecule has 3 rings (SSSR count). The van der Waals surface area contributed by atoms with Gasteiger partial charge >= 0.3 is 5.97 Å². The quantitative estimate of drug-likeness (QED) is 0.413. The van der Waals surface area contributed by atoms with E-state index in [4.69, 9.17) is 9.47 Å². The van der Waals surface area contributed by atoms with Crippen LogP contribution in [-0.4, -0.2) is 39.4 Å². The van der Waals surface area contributed by atoms with Gasteiger partial charge in [0.25, 0.3) is 5.91 Å². The number of nitrogens with one attached hydrogen (secondary N) is 3. The molecule has 0 aliphatic heterocycles. The molecule has 1 aromatic carbocycles. The van der Waals surface area contributed by atoms with Crippen molar-refractivity contribution in [3.05, 3.63) is 64.7 Å². The van der Waals surface area contributed by atoms with Gasteiger partial charge in [0.05, 0.1) is 25.4 Å². The summed E-state index contributed by atoms with van der Waals surface area (Å²) in [6.45, 7) is 7.99. The number of esters is 1. The lowest BCUT2D eigenvalue weighted by Gasteiger charge is -2.19. The fourth-order valence-electron chi connectivity index (χ4n) is 3.59. The second-order valence-electron chi connectivity index (χ2n) is 8.97. The molecule has 0 aliphatic rings. The van der Waals surface area contributed by atoms with Gasteiger partial charge in [-0.3, -0.25) is 9.48 Å². The molecule has 9 nitrogen and oxygen atoms in total. The first kappa shape index (κ1) is 24.9. The molecule has 3 N–H and O–H groups in total. The average molecular weight is 468 g/mol. The Labute approximate surface area is 199 Å². The number of hydrogen-bond acceptors (Lipinski definition) is 6. The molecule has 0 spiro atoms. The summed E-state index contributed by atoms with van der Waals surface area (Å²) in [5.41, 5.74) is 3.08. The summed E-state index contributed by atoms with van der Waals surface area (Å²) in [6, 6.07) is 7.48. The molecule has 0 saturated carbocycles. The third kappa shape index (κ3) is 6.18. The predicted molar refractivity (Wildman–Crippen MR) is 130 cm³/mol. The average Bonchev–Trinajstić information content (AvgIpc) is 3.38. The van der Waals surface area contributed by atoms with Gasteiger partial charge in [-0.15, -0.1) is 0 Å². The number of anilines is 1. The highest BCUT2D eigenvalue weighted by Crippen LogP contribution is 2.25. The molecule has 2 heterocycles. The molecule has 0 aliphatic carbocycles. The van der Waals surface area contributed by atoms with Crippen LogP contribution in [0.1, 0.15) is 65.4 Å².